The molecule has 6 heteroatoms. The number of carbonyl (C=O) groups excluding carboxylic acids is 1. The summed E-state index contributed by atoms with van der Waals surface area (Å²) in [6, 6.07) is 12.0. The van der Waals surface area contributed by atoms with Crippen molar-refractivity contribution in [3.63, 3.8) is 0 Å². The van der Waals surface area contributed by atoms with E-state index in [9.17, 15) is 9.18 Å². The number of hydrogen-bond acceptors (Lipinski definition) is 4. The molecule has 0 saturated carbocycles. The Kier molecular flexibility index (Phi) is 4.65. The molecule has 0 unspecified atom stereocenters. The van der Waals surface area contributed by atoms with Crippen LogP contribution < -0.4 is 5.32 Å². The highest BCUT2D eigenvalue weighted by molar-refractivity contribution is 5.92. The third-order valence-corrected chi connectivity index (χ3v) is 3.70. The van der Waals surface area contributed by atoms with E-state index in [0.29, 0.717) is 23.6 Å². The van der Waals surface area contributed by atoms with Crippen molar-refractivity contribution in [3.05, 3.63) is 65.8 Å². The molecule has 2 aromatic carbocycles. The first-order valence-electron chi connectivity index (χ1n) is 7.54. The molecule has 3 aromatic rings. The Balaban J connectivity index is 1.68. The first kappa shape index (κ1) is 15.9. The number of hydrogen-bond donors (Lipinski definition) is 1. The first-order valence-corrected chi connectivity index (χ1v) is 7.54. The SMILES string of the molecule is Cc1ccc(-c2nnco2)cc1NC(=O)CCc1ccccc1F. The standard InChI is InChI=1S/C18H16FN3O2/c1-12-6-7-14(18-22-20-11-24-18)10-16(12)21-17(23)9-8-13-4-2-3-5-15(13)19/h2-7,10-11H,8-9H2,1H3,(H,21,23). The van der Waals surface area contributed by atoms with Gasteiger partial charge in [-0.3, -0.25) is 4.79 Å². The minimum atomic E-state index is -0.292. The van der Waals surface area contributed by atoms with Gasteiger partial charge in [0, 0.05) is 17.7 Å². The summed E-state index contributed by atoms with van der Waals surface area (Å²) in [6.07, 6.45) is 1.80. The predicted octanol–water partition coefficient (Wildman–Crippen LogP) is 3.76. The highest BCUT2D eigenvalue weighted by Crippen LogP contribution is 2.24. The van der Waals surface area contributed by atoms with E-state index in [2.05, 4.69) is 15.5 Å². The van der Waals surface area contributed by atoms with E-state index < -0.39 is 0 Å². The lowest BCUT2D eigenvalue weighted by atomic mass is 10.1. The highest BCUT2D eigenvalue weighted by atomic mass is 19.1. The van der Waals surface area contributed by atoms with Gasteiger partial charge in [0.1, 0.15) is 5.82 Å². The fourth-order valence-electron chi connectivity index (χ4n) is 2.35. The number of aryl methyl sites for hydroxylation is 2. The first-order chi connectivity index (χ1) is 11.6. The molecule has 1 heterocycles. The van der Waals surface area contributed by atoms with Gasteiger partial charge in [-0.25, -0.2) is 4.39 Å². The quantitative estimate of drug-likeness (QED) is 0.775. The molecule has 5 nitrogen and oxygen atoms in total. The predicted molar refractivity (Wildman–Crippen MR) is 87.8 cm³/mol. The van der Waals surface area contributed by atoms with Crippen molar-refractivity contribution in [2.45, 2.75) is 19.8 Å². The van der Waals surface area contributed by atoms with Crippen molar-refractivity contribution in [2.75, 3.05) is 5.32 Å². The zero-order valence-electron chi connectivity index (χ0n) is 13.1. The van der Waals surface area contributed by atoms with Crippen LogP contribution in [0.15, 0.2) is 53.3 Å². The Hall–Kier alpha value is -3.02. The Morgan fingerprint density at radius 2 is 2.08 bits per heavy atom. The van der Waals surface area contributed by atoms with Crippen molar-refractivity contribution in [3.8, 4) is 11.5 Å². The lowest BCUT2D eigenvalue weighted by Gasteiger charge is -2.10. The summed E-state index contributed by atoms with van der Waals surface area (Å²) in [5, 5.41) is 10.3. The molecule has 1 N–H and O–H groups in total. The second-order valence-electron chi connectivity index (χ2n) is 5.41. The zero-order valence-corrected chi connectivity index (χ0v) is 13.1. The van der Waals surface area contributed by atoms with Gasteiger partial charge in [-0.15, -0.1) is 10.2 Å². The second-order valence-corrected chi connectivity index (χ2v) is 5.41. The lowest BCUT2D eigenvalue weighted by molar-refractivity contribution is -0.116. The van der Waals surface area contributed by atoms with Gasteiger partial charge in [0.05, 0.1) is 0 Å². The number of carbonyl (C=O) groups is 1. The lowest BCUT2D eigenvalue weighted by Crippen LogP contribution is -2.13. The average Bonchev–Trinajstić information content (AvgIpc) is 3.11. The largest absolute Gasteiger partial charge is 0.423 e. The summed E-state index contributed by atoms with van der Waals surface area (Å²) in [6.45, 7) is 1.89. The molecule has 0 aliphatic heterocycles. The fraction of sp³-hybridized carbons (Fsp3) is 0.167. The maximum atomic E-state index is 13.6. The maximum absolute atomic E-state index is 13.6. The molecule has 0 bridgehead atoms. The van der Waals surface area contributed by atoms with Crippen LogP contribution in [0.5, 0.6) is 0 Å². The topological polar surface area (TPSA) is 68.0 Å². The molecular weight excluding hydrogens is 309 g/mol. The van der Waals surface area contributed by atoms with Gasteiger partial charge in [0.15, 0.2) is 0 Å². The molecule has 0 aliphatic rings. The number of rotatable bonds is 5. The summed E-state index contributed by atoms with van der Waals surface area (Å²) >= 11 is 0. The van der Waals surface area contributed by atoms with Crippen molar-refractivity contribution in [1.82, 2.24) is 10.2 Å². The van der Waals surface area contributed by atoms with Crippen LogP contribution in [0.3, 0.4) is 0 Å². The van der Waals surface area contributed by atoms with Gasteiger partial charge in [-0.05, 0) is 42.7 Å². The number of halogens is 1. The molecule has 0 aliphatic carbocycles. The van der Waals surface area contributed by atoms with E-state index in [1.807, 2.05) is 19.1 Å². The van der Waals surface area contributed by atoms with Crippen LogP contribution in [0.2, 0.25) is 0 Å². The summed E-state index contributed by atoms with van der Waals surface area (Å²) < 4.78 is 18.7. The van der Waals surface area contributed by atoms with Crippen LogP contribution in [-0.4, -0.2) is 16.1 Å². The Labute approximate surface area is 138 Å². The minimum absolute atomic E-state index is 0.177. The molecule has 0 saturated heterocycles. The Bertz CT molecular complexity index is 847. The van der Waals surface area contributed by atoms with E-state index in [1.54, 1.807) is 24.3 Å². The molecule has 1 amide bonds. The maximum Gasteiger partial charge on any atom is 0.247 e. The Morgan fingerprint density at radius 1 is 1.25 bits per heavy atom. The van der Waals surface area contributed by atoms with Gasteiger partial charge in [-0.1, -0.05) is 24.3 Å². The molecule has 0 radical (unpaired) electrons. The molecule has 0 fully saturated rings. The van der Waals surface area contributed by atoms with Gasteiger partial charge in [-0.2, -0.15) is 0 Å². The van der Waals surface area contributed by atoms with Crippen molar-refractivity contribution >= 4 is 11.6 Å². The molecular formula is C18H16FN3O2. The summed E-state index contributed by atoms with van der Waals surface area (Å²) in [5.41, 5.74) is 2.84. The van der Waals surface area contributed by atoms with Crippen LogP contribution in [0.4, 0.5) is 10.1 Å². The summed E-state index contributed by atoms with van der Waals surface area (Å²) in [5.74, 6) is -0.0826. The van der Waals surface area contributed by atoms with E-state index in [-0.39, 0.29) is 18.1 Å². The van der Waals surface area contributed by atoms with E-state index in [0.717, 1.165) is 11.1 Å². The second kappa shape index (κ2) is 7.04. The molecule has 0 atom stereocenters. The van der Waals surface area contributed by atoms with E-state index >= 15 is 0 Å². The molecule has 0 spiro atoms. The Morgan fingerprint density at radius 3 is 2.83 bits per heavy atom. The molecule has 122 valence electrons. The number of anilines is 1. The van der Waals surface area contributed by atoms with Crippen LogP contribution >= 0.6 is 0 Å². The van der Waals surface area contributed by atoms with Crippen molar-refractivity contribution < 1.29 is 13.6 Å². The number of amides is 1. The molecule has 24 heavy (non-hydrogen) atoms. The molecule has 3 rings (SSSR count). The molecule has 1 aromatic heterocycles. The average molecular weight is 325 g/mol. The summed E-state index contributed by atoms with van der Waals surface area (Å²) in [4.78, 5) is 12.2. The van der Waals surface area contributed by atoms with Crippen LogP contribution in [-0.2, 0) is 11.2 Å². The normalized spacial score (nSPS) is 10.6. The van der Waals surface area contributed by atoms with Crippen molar-refractivity contribution in [2.24, 2.45) is 0 Å². The fourth-order valence-corrected chi connectivity index (χ4v) is 2.35. The van der Waals surface area contributed by atoms with Crippen molar-refractivity contribution in [1.29, 1.82) is 0 Å². The third kappa shape index (κ3) is 3.65. The number of aromatic nitrogens is 2. The van der Waals surface area contributed by atoms with Crippen LogP contribution in [0.25, 0.3) is 11.5 Å². The zero-order chi connectivity index (χ0) is 16.9. The van der Waals surface area contributed by atoms with E-state index in [4.69, 9.17) is 4.42 Å². The van der Waals surface area contributed by atoms with Gasteiger partial charge in [0.2, 0.25) is 18.2 Å². The highest BCUT2D eigenvalue weighted by Gasteiger charge is 2.10. The number of nitrogens with one attached hydrogen (secondary N) is 1. The number of benzene rings is 2. The number of nitrogens with zero attached hydrogens (tertiary/aromatic N) is 2. The smallest absolute Gasteiger partial charge is 0.247 e. The third-order valence-electron chi connectivity index (χ3n) is 3.70. The van der Waals surface area contributed by atoms with E-state index in [1.165, 1.54) is 12.5 Å². The monoisotopic (exact) mass is 325 g/mol. The van der Waals surface area contributed by atoms with Crippen LogP contribution in [0, 0.1) is 12.7 Å². The minimum Gasteiger partial charge on any atom is -0.423 e. The van der Waals surface area contributed by atoms with Crippen LogP contribution in [0.1, 0.15) is 17.5 Å². The van der Waals surface area contributed by atoms with Gasteiger partial charge in [0.25, 0.3) is 0 Å². The summed E-state index contributed by atoms with van der Waals surface area (Å²) in [7, 11) is 0. The van der Waals surface area contributed by atoms with Gasteiger partial charge >= 0.3 is 0 Å². The van der Waals surface area contributed by atoms with Gasteiger partial charge < -0.3 is 9.73 Å².